The molecule has 0 bridgehead atoms. The number of aryl methyl sites for hydroxylation is 1. The number of rotatable bonds is 6. The molecule has 3 rings (SSSR count). The average molecular weight is 419 g/mol. The number of nitrogens with zero attached hydrogens (tertiary/aromatic N) is 1. The van der Waals surface area contributed by atoms with Crippen molar-refractivity contribution in [1.29, 1.82) is 0 Å². The number of benzene rings is 2. The number of primary sulfonamides is 1. The van der Waals surface area contributed by atoms with Crippen molar-refractivity contribution >= 4 is 20.9 Å². The summed E-state index contributed by atoms with van der Waals surface area (Å²) in [5.41, 5.74) is 0.116. The molecule has 3 aromatic rings. The van der Waals surface area contributed by atoms with Crippen molar-refractivity contribution in [3.63, 3.8) is 0 Å². The lowest BCUT2D eigenvalue weighted by molar-refractivity contribution is 0.341. The van der Waals surface area contributed by atoms with Gasteiger partial charge in [-0.2, -0.15) is 0 Å². The van der Waals surface area contributed by atoms with Crippen LogP contribution in [0.2, 0.25) is 0 Å². The Labute approximate surface area is 166 Å². The maximum absolute atomic E-state index is 12.7. The van der Waals surface area contributed by atoms with E-state index in [1.54, 1.807) is 6.92 Å². The molecule has 0 saturated heterocycles. The summed E-state index contributed by atoms with van der Waals surface area (Å²) in [4.78, 5) is 19.5. The topological polar surface area (TPSA) is 156 Å². The predicted molar refractivity (Wildman–Crippen MR) is 108 cm³/mol. The van der Waals surface area contributed by atoms with Gasteiger partial charge < -0.3 is 19.9 Å². The Balaban J connectivity index is 2.39. The molecular formula is C19H21N3O6S. The van der Waals surface area contributed by atoms with E-state index in [2.05, 4.69) is 9.97 Å². The summed E-state index contributed by atoms with van der Waals surface area (Å²) in [6.45, 7) is 3.94. The van der Waals surface area contributed by atoms with Gasteiger partial charge in [-0.1, -0.05) is 13.3 Å². The Hall–Kier alpha value is -3.11. The molecule has 9 nitrogen and oxygen atoms in total. The third kappa shape index (κ3) is 3.89. The van der Waals surface area contributed by atoms with Crippen LogP contribution < -0.4 is 15.4 Å². The van der Waals surface area contributed by atoms with Crippen molar-refractivity contribution < 1.29 is 23.4 Å². The third-order valence-corrected chi connectivity index (χ3v) is 5.29. The highest BCUT2D eigenvalue weighted by Gasteiger charge is 2.20. The van der Waals surface area contributed by atoms with Gasteiger partial charge in [0.05, 0.1) is 22.6 Å². The van der Waals surface area contributed by atoms with E-state index in [1.165, 1.54) is 18.2 Å². The van der Waals surface area contributed by atoms with Gasteiger partial charge in [-0.05, 0) is 31.5 Å². The fraction of sp³-hybridized carbons (Fsp3) is 0.263. The van der Waals surface area contributed by atoms with Crippen LogP contribution in [0.15, 0.2) is 34.0 Å². The van der Waals surface area contributed by atoms with E-state index in [9.17, 15) is 23.4 Å². The van der Waals surface area contributed by atoms with E-state index in [4.69, 9.17) is 9.88 Å². The number of aromatic amines is 1. The predicted octanol–water partition coefficient (Wildman–Crippen LogP) is 2.00. The Morgan fingerprint density at radius 3 is 2.52 bits per heavy atom. The largest absolute Gasteiger partial charge is 0.507 e. The van der Waals surface area contributed by atoms with Gasteiger partial charge in [0.25, 0.3) is 5.56 Å². The summed E-state index contributed by atoms with van der Waals surface area (Å²) < 4.78 is 29.1. The van der Waals surface area contributed by atoms with Gasteiger partial charge in [0.2, 0.25) is 10.0 Å². The number of hydrogen-bond donors (Lipinski definition) is 4. The van der Waals surface area contributed by atoms with Crippen LogP contribution in [0, 0.1) is 0 Å². The van der Waals surface area contributed by atoms with Crippen molar-refractivity contribution in [2.75, 3.05) is 6.61 Å². The quantitative estimate of drug-likeness (QED) is 0.476. The van der Waals surface area contributed by atoms with Crippen molar-refractivity contribution in [1.82, 2.24) is 9.97 Å². The van der Waals surface area contributed by atoms with Crippen LogP contribution >= 0.6 is 0 Å². The molecule has 2 aromatic carbocycles. The number of hydrogen-bond acceptors (Lipinski definition) is 7. The third-order valence-electron chi connectivity index (χ3n) is 4.38. The van der Waals surface area contributed by atoms with Crippen LogP contribution in [0.25, 0.3) is 22.3 Å². The van der Waals surface area contributed by atoms with Gasteiger partial charge in [0.15, 0.2) is 0 Å². The van der Waals surface area contributed by atoms with Crippen LogP contribution in [0.1, 0.15) is 25.8 Å². The summed E-state index contributed by atoms with van der Waals surface area (Å²) >= 11 is 0. The van der Waals surface area contributed by atoms with Crippen molar-refractivity contribution in [3.8, 4) is 28.6 Å². The number of aromatic hydroxyl groups is 2. The SMILES string of the molecule is CCCc1c(O)cc(O)c2c(=O)[nH]c(-c3cc(S(N)(=O)=O)ccc3OCC)nc12. The maximum Gasteiger partial charge on any atom is 0.262 e. The van der Waals surface area contributed by atoms with Crippen molar-refractivity contribution in [2.45, 2.75) is 31.6 Å². The van der Waals surface area contributed by atoms with Crippen LogP contribution in [0.5, 0.6) is 17.2 Å². The molecule has 0 unspecified atom stereocenters. The molecule has 0 fully saturated rings. The molecular weight excluding hydrogens is 398 g/mol. The van der Waals surface area contributed by atoms with E-state index in [-0.39, 0.29) is 32.9 Å². The molecule has 10 heteroatoms. The van der Waals surface area contributed by atoms with Crippen LogP contribution in [-0.2, 0) is 16.4 Å². The van der Waals surface area contributed by atoms with Crippen molar-refractivity contribution in [3.05, 3.63) is 40.2 Å². The summed E-state index contributed by atoms with van der Waals surface area (Å²) in [5.74, 6) is -0.257. The molecule has 1 aromatic heterocycles. The van der Waals surface area contributed by atoms with Crippen LogP contribution in [0.3, 0.4) is 0 Å². The smallest absolute Gasteiger partial charge is 0.262 e. The minimum Gasteiger partial charge on any atom is -0.507 e. The summed E-state index contributed by atoms with van der Waals surface area (Å²) in [6.07, 6.45) is 1.09. The Morgan fingerprint density at radius 1 is 1.17 bits per heavy atom. The minimum atomic E-state index is -4.00. The Kier molecular flexibility index (Phi) is 5.49. The van der Waals surface area contributed by atoms with Gasteiger partial charge in [0.1, 0.15) is 28.5 Å². The lowest BCUT2D eigenvalue weighted by Gasteiger charge is -2.13. The standard InChI is InChI=1S/C19H21N3O6S/c1-3-5-11-13(23)9-14(24)16-17(11)21-18(22-19(16)25)12-8-10(29(20,26)27)6-7-15(12)28-4-2/h6-9,23-24H,3-5H2,1-2H3,(H2,20,26,27)(H,21,22,25). The van der Waals surface area contributed by atoms with E-state index < -0.39 is 21.3 Å². The monoisotopic (exact) mass is 419 g/mol. The fourth-order valence-electron chi connectivity index (χ4n) is 3.12. The number of phenols is 2. The van der Waals surface area contributed by atoms with Gasteiger partial charge in [0, 0.05) is 11.6 Å². The Bertz CT molecular complexity index is 1250. The first-order chi connectivity index (χ1) is 13.7. The highest BCUT2D eigenvalue weighted by atomic mass is 32.2. The molecule has 154 valence electrons. The molecule has 0 radical (unpaired) electrons. The number of fused-ring (bicyclic) bond motifs is 1. The first-order valence-corrected chi connectivity index (χ1v) is 10.5. The molecule has 29 heavy (non-hydrogen) atoms. The van der Waals surface area contributed by atoms with E-state index in [1.807, 2.05) is 6.92 Å². The van der Waals surface area contributed by atoms with Gasteiger partial charge >= 0.3 is 0 Å². The summed E-state index contributed by atoms with van der Waals surface area (Å²) in [5, 5.41) is 25.5. The molecule has 0 aliphatic heterocycles. The van der Waals surface area contributed by atoms with Crippen LogP contribution in [-0.4, -0.2) is 35.2 Å². The van der Waals surface area contributed by atoms with Gasteiger partial charge in [-0.25, -0.2) is 18.5 Å². The highest BCUT2D eigenvalue weighted by Crippen LogP contribution is 2.35. The molecule has 0 amide bonds. The second-order valence-corrected chi connectivity index (χ2v) is 7.98. The number of aromatic nitrogens is 2. The number of phenolic OH excluding ortho intramolecular Hbond substituents is 2. The number of sulfonamides is 1. The molecule has 5 N–H and O–H groups in total. The minimum absolute atomic E-state index is 0.0267. The maximum atomic E-state index is 12.7. The normalized spacial score (nSPS) is 11.7. The lowest BCUT2D eigenvalue weighted by atomic mass is 10.0. The molecule has 0 aliphatic carbocycles. The van der Waals surface area contributed by atoms with Gasteiger partial charge in [-0.15, -0.1) is 0 Å². The summed E-state index contributed by atoms with van der Waals surface area (Å²) in [7, 11) is -4.00. The van der Waals surface area contributed by atoms with E-state index in [0.717, 1.165) is 6.07 Å². The first kappa shape index (κ1) is 20.6. The zero-order chi connectivity index (χ0) is 21.3. The second-order valence-electron chi connectivity index (χ2n) is 6.42. The van der Waals surface area contributed by atoms with Crippen molar-refractivity contribution in [2.24, 2.45) is 5.14 Å². The highest BCUT2D eigenvalue weighted by molar-refractivity contribution is 7.89. The number of nitrogens with two attached hydrogens (primary N) is 1. The molecule has 0 aliphatic rings. The Morgan fingerprint density at radius 2 is 1.90 bits per heavy atom. The average Bonchev–Trinajstić information content (AvgIpc) is 2.64. The molecule has 0 atom stereocenters. The fourth-order valence-corrected chi connectivity index (χ4v) is 3.66. The second kappa shape index (κ2) is 7.72. The van der Waals surface area contributed by atoms with Crippen LogP contribution in [0.4, 0.5) is 0 Å². The van der Waals surface area contributed by atoms with E-state index in [0.29, 0.717) is 30.8 Å². The first-order valence-electron chi connectivity index (χ1n) is 8.95. The lowest BCUT2D eigenvalue weighted by Crippen LogP contribution is -2.14. The zero-order valence-corrected chi connectivity index (χ0v) is 16.7. The zero-order valence-electron chi connectivity index (χ0n) is 15.9. The number of ether oxygens (including phenoxy) is 1. The van der Waals surface area contributed by atoms with E-state index >= 15 is 0 Å². The van der Waals surface area contributed by atoms with Gasteiger partial charge in [-0.3, -0.25) is 4.79 Å². The molecule has 1 heterocycles. The molecule has 0 saturated carbocycles. The number of nitrogens with one attached hydrogen (secondary N) is 1. The summed E-state index contributed by atoms with van der Waals surface area (Å²) in [6, 6.07) is 5.09. The molecule has 0 spiro atoms. The number of H-pyrrole nitrogens is 1.